The smallest absolute Gasteiger partial charge is 0.404 e. The Balaban J connectivity index is 1.98. The van der Waals surface area contributed by atoms with E-state index in [-0.39, 0.29) is 35.9 Å². The highest BCUT2D eigenvalue weighted by Crippen LogP contribution is 2.32. The molecule has 0 saturated carbocycles. The number of nitrogens with one attached hydrogen (secondary N) is 2. The number of hydrogen-bond acceptors (Lipinski definition) is 6. The summed E-state index contributed by atoms with van der Waals surface area (Å²) in [4.78, 5) is 8.73. The van der Waals surface area contributed by atoms with E-state index in [0.29, 0.717) is 5.69 Å². The topological polar surface area (TPSA) is 79.3 Å². The Bertz CT molecular complexity index is 952. The van der Waals surface area contributed by atoms with Crippen molar-refractivity contribution in [2.75, 3.05) is 17.2 Å². The Morgan fingerprint density at radius 1 is 1.03 bits per heavy atom. The van der Waals surface area contributed by atoms with Gasteiger partial charge in [0, 0.05) is 17.7 Å². The molecule has 0 aliphatic carbocycles. The van der Waals surface area contributed by atoms with Gasteiger partial charge in [-0.05, 0) is 19.1 Å². The molecule has 6 nitrogen and oxygen atoms in total. The minimum absolute atomic E-state index is 0.101. The molecule has 152 valence electrons. The summed E-state index contributed by atoms with van der Waals surface area (Å²) < 4.78 is 42.1. The first kappa shape index (κ1) is 20.4. The number of anilines is 3. The van der Waals surface area contributed by atoms with E-state index in [0.717, 1.165) is 5.56 Å². The standard InChI is InChI=1S/C20H19F3N4O2/c1-13(12-28)24-19-26-16(14-7-3-2-4-8-14)11-18(27-19)25-15-9-5-6-10-17(15)29-20(21,22)23/h2-11,13,28H,12H2,1H3,(H2,24,25,26,27)/t13-/m1/s1. The molecule has 0 bridgehead atoms. The molecule has 0 aliphatic heterocycles. The summed E-state index contributed by atoms with van der Waals surface area (Å²) in [5.74, 6) is 0.118. The fraction of sp³-hybridized carbons (Fsp3) is 0.200. The second-order valence-electron chi connectivity index (χ2n) is 6.22. The molecule has 1 aromatic heterocycles. The average molecular weight is 404 g/mol. The molecule has 0 aliphatic rings. The number of ether oxygens (including phenoxy) is 1. The highest BCUT2D eigenvalue weighted by atomic mass is 19.4. The number of nitrogens with zero attached hydrogens (tertiary/aromatic N) is 2. The lowest BCUT2D eigenvalue weighted by atomic mass is 10.1. The van der Waals surface area contributed by atoms with Gasteiger partial charge in [-0.25, -0.2) is 4.98 Å². The Labute approximate surface area is 165 Å². The number of aliphatic hydroxyl groups is 1. The molecule has 0 radical (unpaired) electrons. The van der Waals surface area contributed by atoms with Crippen molar-refractivity contribution >= 4 is 17.5 Å². The number of para-hydroxylation sites is 2. The zero-order valence-electron chi connectivity index (χ0n) is 15.4. The van der Waals surface area contributed by atoms with Crippen LogP contribution in [0.25, 0.3) is 11.3 Å². The molecule has 3 aromatic rings. The molecule has 0 amide bonds. The Hall–Kier alpha value is -3.33. The zero-order chi connectivity index (χ0) is 20.9. The van der Waals surface area contributed by atoms with E-state index in [2.05, 4.69) is 25.3 Å². The van der Waals surface area contributed by atoms with E-state index in [4.69, 9.17) is 0 Å². The molecule has 3 N–H and O–H groups in total. The normalized spacial score (nSPS) is 12.3. The van der Waals surface area contributed by atoms with Crippen molar-refractivity contribution in [1.82, 2.24) is 9.97 Å². The predicted molar refractivity (Wildman–Crippen MR) is 104 cm³/mol. The van der Waals surface area contributed by atoms with Gasteiger partial charge in [0.1, 0.15) is 5.82 Å². The molecule has 2 aromatic carbocycles. The van der Waals surface area contributed by atoms with Gasteiger partial charge in [-0.15, -0.1) is 13.2 Å². The van der Waals surface area contributed by atoms with Gasteiger partial charge in [0.05, 0.1) is 18.0 Å². The third-order valence-corrected chi connectivity index (χ3v) is 3.82. The van der Waals surface area contributed by atoms with Gasteiger partial charge in [-0.3, -0.25) is 0 Å². The van der Waals surface area contributed by atoms with E-state index in [1.807, 2.05) is 30.3 Å². The molecule has 0 spiro atoms. The number of hydrogen-bond donors (Lipinski definition) is 3. The first-order valence-corrected chi connectivity index (χ1v) is 8.78. The van der Waals surface area contributed by atoms with Crippen LogP contribution in [0.1, 0.15) is 6.92 Å². The molecular weight excluding hydrogens is 385 g/mol. The second-order valence-corrected chi connectivity index (χ2v) is 6.22. The van der Waals surface area contributed by atoms with Crippen LogP contribution in [-0.4, -0.2) is 34.1 Å². The minimum Gasteiger partial charge on any atom is -0.404 e. The molecular formula is C20H19F3N4O2. The Morgan fingerprint density at radius 2 is 1.72 bits per heavy atom. The first-order valence-electron chi connectivity index (χ1n) is 8.78. The maximum atomic E-state index is 12.7. The molecule has 0 fully saturated rings. The first-order chi connectivity index (χ1) is 13.8. The Kier molecular flexibility index (Phi) is 6.18. The van der Waals surface area contributed by atoms with Crippen molar-refractivity contribution in [2.24, 2.45) is 0 Å². The van der Waals surface area contributed by atoms with Crippen molar-refractivity contribution in [3.05, 3.63) is 60.7 Å². The van der Waals surface area contributed by atoms with Crippen LogP contribution in [0.3, 0.4) is 0 Å². The summed E-state index contributed by atoms with van der Waals surface area (Å²) in [6, 6.07) is 16.3. The van der Waals surface area contributed by atoms with Crippen molar-refractivity contribution in [3.63, 3.8) is 0 Å². The summed E-state index contributed by atoms with van der Waals surface area (Å²) in [6.07, 6.45) is -4.82. The summed E-state index contributed by atoms with van der Waals surface area (Å²) in [6.45, 7) is 1.61. The van der Waals surface area contributed by atoms with Crippen LogP contribution < -0.4 is 15.4 Å². The average Bonchev–Trinajstić information content (AvgIpc) is 2.69. The summed E-state index contributed by atoms with van der Waals surface area (Å²) in [5, 5.41) is 15.1. The van der Waals surface area contributed by atoms with Gasteiger partial charge in [-0.1, -0.05) is 42.5 Å². The lowest BCUT2D eigenvalue weighted by Crippen LogP contribution is -2.21. The van der Waals surface area contributed by atoms with Gasteiger partial charge in [-0.2, -0.15) is 4.98 Å². The number of rotatable bonds is 7. The van der Waals surface area contributed by atoms with Crippen LogP contribution in [-0.2, 0) is 0 Å². The van der Waals surface area contributed by atoms with E-state index in [1.54, 1.807) is 19.1 Å². The van der Waals surface area contributed by atoms with Crippen LogP contribution in [0, 0.1) is 0 Å². The fourth-order valence-electron chi connectivity index (χ4n) is 2.52. The largest absolute Gasteiger partial charge is 0.573 e. The monoisotopic (exact) mass is 404 g/mol. The SMILES string of the molecule is C[C@H](CO)Nc1nc(Nc2ccccc2OC(F)(F)F)cc(-c2ccccc2)n1. The van der Waals surface area contributed by atoms with Gasteiger partial charge < -0.3 is 20.5 Å². The lowest BCUT2D eigenvalue weighted by molar-refractivity contribution is -0.274. The molecule has 0 saturated heterocycles. The van der Waals surface area contributed by atoms with Crippen LogP contribution in [0.2, 0.25) is 0 Å². The van der Waals surface area contributed by atoms with Crippen LogP contribution >= 0.6 is 0 Å². The molecule has 9 heteroatoms. The molecule has 1 heterocycles. The van der Waals surface area contributed by atoms with Gasteiger partial charge >= 0.3 is 6.36 Å². The van der Waals surface area contributed by atoms with Crippen molar-refractivity contribution in [1.29, 1.82) is 0 Å². The fourth-order valence-corrected chi connectivity index (χ4v) is 2.52. The maximum absolute atomic E-state index is 12.7. The highest BCUT2D eigenvalue weighted by molar-refractivity contribution is 5.70. The number of alkyl halides is 3. The van der Waals surface area contributed by atoms with Crippen LogP contribution in [0.5, 0.6) is 5.75 Å². The van der Waals surface area contributed by atoms with Gasteiger partial charge in [0.25, 0.3) is 0 Å². The van der Waals surface area contributed by atoms with E-state index < -0.39 is 6.36 Å². The minimum atomic E-state index is -4.82. The van der Waals surface area contributed by atoms with Crippen molar-refractivity contribution < 1.29 is 23.0 Å². The third kappa shape index (κ3) is 5.82. The van der Waals surface area contributed by atoms with E-state index in [9.17, 15) is 18.3 Å². The maximum Gasteiger partial charge on any atom is 0.573 e. The predicted octanol–water partition coefficient (Wildman–Crippen LogP) is 4.58. The zero-order valence-corrected chi connectivity index (χ0v) is 15.4. The van der Waals surface area contributed by atoms with Crippen molar-refractivity contribution in [3.8, 4) is 17.0 Å². The van der Waals surface area contributed by atoms with Crippen LogP contribution in [0.15, 0.2) is 60.7 Å². The quantitative estimate of drug-likeness (QED) is 0.535. The number of halogens is 3. The van der Waals surface area contributed by atoms with E-state index in [1.165, 1.54) is 18.2 Å². The Morgan fingerprint density at radius 3 is 2.41 bits per heavy atom. The summed E-state index contributed by atoms with van der Waals surface area (Å²) in [5.41, 5.74) is 1.46. The second kappa shape index (κ2) is 8.78. The summed E-state index contributed by atoms with van der Waals surface area (Å²) in [7, 11) is 0. The molecule has 0 unspecified atom stereocenters. The molecule has 29 heavy (non-hydrogen) atoms. The number of aromatic nitrogens is 2. The third-order valence-electron chi connectivity index (χ3n) is 3.82. The molecule has 3 rings (SSSR count). The lowest BCUT2D eigenvalue weighted by Gasteiger charge is -2.16. The van der Waals surface area contributed by atoms with Gasteiger partial charge in [0.2, 0.25) is 5.95 Å². The van der Waals surface area contributed by atoms with Gasteiger partial charge in [0.15, 0.2) is 5.75 Å². The highest BCUT2D eigenvalue weighted by Gasteiger charge is 2.32. The van der Waals surface area contributed by atoms with Crippen LogP contribution in [0.4, 0.5) is 30.6 Å². The number of benzene rings is 2. The van der Waals surface area contributed by atoms with Crippen molar-refractivity contribution in [2.45, 2.75) is 19.3 Å². The number of aliphatic hydroxyl groups excluding tert-OH is 1. The summed E-state index contributed by atoms with van der Waals surface area (Å²) >= 11 is 0. The molecule has 1 atom stereocenters. The van der Waals surface area contributed by atoms with E-state index >= 15 is 0 Å².